The lowest BCUT2D eigenvalue weighted by Crippen LogP contribution is -2.43. The summed E-state index contributed by atoms with van der Waals surface area (Å²) in [6.45, 7) is 5.00. The number of aromatic nitrogens is 2. The molecule has 2 heterocycles. The summed E-state index contributed by atoms with van der Waals surface area (Å²) in [4.78, 5) is 56.4. The van der Waals surface area contributed by atoms with Crippen molar-refractivity contribution in [1.82, 2.24) is 20.2 Å². The monoisotopic (exact) mass is 418 g/mol. The maximum atomic E-state index is 12.8. The molecule has 0 saturated heterocycles. The van der Waals surface area contributed by atoms with Gasteiger partial charge in [0.1, 0.15) is 17.8 Å². The van der Waals surface area contributed by atoms with E-state index in [2.05, 4.69) is 20.0 Å². The number of pyridine rings is 2. The van der Waals surface area contributed by atoms with Gasteiger partial charge in [0.25, 0.3) is 5.56 Å². The number of carbonyl (C=O) groups excluding carboxylic acids is 3. The number of amides is 2. The highest BCUT2D eigenvalue weighted by molar-refractivity contribution is 5.84. The van der Waals surface area contributed by atoms with Crippen LogP contribution in [0, 0.1) is 0 Å². The SMILES string of the molecule is COC(=O)CN(CCNC(=O)OC(C)(C)C)C(=O)Cc1cc2cccnc2[nH]c1=O. The number of rotatable bonds is 7. The lowest BCUT2D eigenvalue weighted by molar-refractivity contribution is -0.146. The Morgan fingerprint density at radius 2 is 2.00 bits per heavy atom. The number of hydrogen-bond acceptors (Lipinski definition) is 7. The van der Waals surface area contributed by atoms with Crippen LogP contribution in [0.3, 0.4) is 0 Å². The number of aromatic amines is 1. The van der Waals surface area contributed by atoms with Gasteiger partial charge in [-0.05, 0) is 39.0 Å². The van der Waals surface area contributed by atoms with Gasteiger partial charge in [0.05, 0.1) is 13.5 Å². The fourth-order valence-corrected chi connectivity index (χ4v) is 2.61. The van der Waals surface area contributed by atoms with E-state index in [9.17, 15) is 19.2 Å². The van der Waals surface area contributed by atoms with Crippen LogP contribution in [0.25, 0.3) is 11.0 Å². The molecule has 0 unspecified atom stereocenters. The smallest absolute Gasteiger partial charge is 0.407 e. The Balaban J connectivity index is 2.07. The lowest BCUT2D eigenvalue weighted by Gasteiger charge is -2.23. The molecule has 0 aliphatic rings. The van der Waals surface area contributed by atoms with Gasteiger partial charge in [0.2, 0.25) is 5.91 Å². The maximum absolute atomic E-state index is 12.8. The number of esters is 1. The average molecular weight is 418 g/mol. The number of hydrogen-bond donors (Lipinski definition) is 2. The number of carbonyl (C=O) groups is 3. The molecular weight excluding hydrogens is 392 g/mol. The first-order valence-electron chi connectivity index (χ1n) is 9.37. The fourth-order valence-electron chi connectivity index (χ4n) is 2.61. The Bertz CT molecular complexity index is 979. The molecule has 2 aromatic rings. The number of ether oxygens (including phenoxy) is 2. The first-order chi connectivity index (χ1) is 14.1. The molecule has 2 amide bonds. The van der Waals surface area contributed by atoms with Crippen molar-refractivity contribution in [3.05, 3.63) is 40.3 Å². The molecule has 0 radical (unpaired) electrons. The summed E-state index contributed by atoms with van der Waals surface area (Å²) in [5.74, 6) is -1.07. The molecule has 0 atom stereocenters. The molecule has 0 aliphatic carbocycles. The summed E-state index contributed by atoms with van der Waals surface area (Å²) in [6, 6.07) is 5.08. The minimum absolute atomic E-state index is 0.0419. The zero-order valence-electron chi connectivity index (χ0n) is 17.5. The molecule has 0 spiro atoms. The first kappa shape index (κ1) is 22.9. The van der Waals surface area contributed by atoms with Crippen LogP contribution in [0.1, 0.15) is 26.3 Å². The predicted octanol–water partition coefficient (Wildman–Crippen LogP) is 0.992. The van der Waals surface area contributed by atoms with E-state index >= 15 is 0 Å². The molecule has 162 valence electrons. The summed E-state index contributed by atoms with van der Waals surface area (Å²) in [6.07, 6.45) is 0.703. The van der Waals surface area contributed by atoms with Crippen LogP contribution in [0.2, 0.25) is 0 Å². The third-order valence-electron chi connectivity index (χ3n) is 3.98. The van der Waals surface area contributed by atoms with E-state index in [1.807, 2.05) is 0 Å². The van der Waals surface area contributed by atoms with Gasteiger partial charge in [-0.25, -0.2) is 9.78 Å². The molecule has 0 fully saturated rings. The summed E-state index contributed by atoms with van der Waals surface area (Å²) < 4.78 is 9.77. The molecule has 0 bridgehead atoms. The quantitative estimate of drug-likeness (QED) is 0.641. The summed E-state index contributed by atoms with van der Waals surface area (Å²) in [5.41, 5.74) is -0.418. The van der Waals surface area contributed by atoms with E-state index in [1.165, 1.54) is 12.0 Å². The minimum Gasteiger partial charge on any atom is -0.468 e. The molecule has 0 aliphatic heterocycles. The van der Waals surface area contributed by atoms with Crippen LogP contribution in [0.5, 0.6) is 0 Å². The Kier molecular flexibility index (Phi) is 7.51. The Hall–Kier alpha value is -3.43. The molecule has 10 heteroatoms. The highest BCUT2D eigenvalue weighted by Gasteiger charge is 2.21. The van der Waals surface area contributed by atoms with Crippen LogP contribution in [-0.4, -0.2) is 65.2 Å². The van der Waals surface area contributed by atoms with Crippen LogP contribution in [-0.2, 0) is 25.5 Å². The van der Waals surface area contributed by atoms with Crippen molar-refractivity contribution >= 4 is 29.0 Å². The van der Waals surface area contributed by atoms with Crippen LogP contribution < -0.4 is 10.9 Å². The van der Waals surface area contributed by atoms with Crippen molar-refractivity contribution in [2.24, 2.45) is 0 Å². The van der Waals surface area contributed by atoms with Gasteiger partial charge in [-0.1, -0.05) is 0 Å². The first-order valence-corrected chi connectivity index (χ1v) is 9.37. The third-order valence-corrected chi connectivity index (χ3v) is 3.98. The Morgan fingerprint density at radius 3 is 2.67 bits per heavy atom. The van der Waals surface area contributed by atoms with Crippen molar-refractivity contribution in [3.8, 4) is 0 Å². The van der Waals surface area contributed by atoms with Crippen LogP contribution in [0.15, 0.2) is 29.2 Å². The van der Waals surface area contributed by atoms with Crippen molar-refractivity contribution in [2.75, 3.05) is 26.7 Å². The lowest BCUT2D eigenvalue weighted by atomic mass is 10.1. The zero-order valence-corrected chi connectivity index (χ0v) is 17.5. The van der Waals surface area contributed by atoms with Crippen molar-refractivity contribution in [3.63, 3.8) is 0 Å². The van der Waals surface area contributed by atoms with E-state index in [-0.39, 0.29) is 31.6 Å². The van der Waals surface area contributed by atoms with E-state index in [0.717, 1.165) is 0 Å². The van der Waals surface area contributed by atoms with Gasteiger partial charge < -0.3 is 24.7 Å². The minimum atomic E-state index is -0.655. The molecule has 0 saturated carbocycles. The molecule has 0 aromatic carbocycles. The van der Waals surface area contributed by atoms with E-state index in [4.69, 9.17) is 4.74 Å². The second kappa shape index (κ2) is 9.86. The number of alkyl carbamates (subject to hydrolysis) is 1. The molecule has 30 heavy (non-hydrogen) atoms. The average Bonchev–Trinajstić information content (AvgIpc) is 2.66. The topological polar surface area (TPSA) is 131 Å². The molecule has 2 N–H and O–H groups in total. The van der Waals surface area contributed by atoms with Crippen molar-refractivity contribution < 1.29 is 23.9 Å². The van der Waals surface area contributed by atoms with Gasteiger partial charge >= 0.3 is 12.1 Å². The molecule has 10 nitrogen and oxygen atoms in total. The number of nitrogens with zero attached hydrogens (tertiary/aromatic N) is 2. The van der Waals surface area contributed by atoms with Crippen LogP contribution >= 0.6 is 0 Å². The molecule has 2 aromatic heterocycles. The molecule has 2 rings (SSSR count). The van der Waals surface area contributed by atoms with Crippen LogP contribution in [0.4, 0.5) is 4.79 Å². The van der Waals surface area contributed by atoms with Gasteiger partial charge in [0.15, 0.2) is 0 Å². The third kappa shape index (κ3) is 6.87. The van der Waals surface area contributed by atoms with Gasteiger partial charge in [-0.3, -0.25) is 14.4 Å². The molecular formula is C20H26N4O6. The Morgan fingerprint density at radius 1 is 1.27 bits per heavy atom. The second-order valence-corrected chi connectivity index (χ2v) is 7.56. The predicted molar refractivity (Wildman–Crippen MR) is 109 cm³/mol. The van der Waals surface area contributed by atoms with E-state index in [0.29, 0.717) is 11.0 Å². The van der Waals surface area contributed by atoms with Gasteiger partial charge in [-0.15, -0.1) is 0 Å². The highest BCUT2D eigenvalue weighted by Crippen LogP contribution is 2.09. The van der Waals surface area contributed by atoms with Crippen molar-refractivity contribution in [2.45, 2.75) is 32.8 Å². The Labute approximate surface area is 173 Å². The number of methoxy groups -OCH3 is 1. The maximum Gasteiger partial charge on any atom is 0.407 e. The van der Waals surface area contributed by atoms with Gasteiger partial charge in [0, 0.05) is 30.2 Å². The highest BCUT2D eigenvalue weighted by atomic mass is 16.6. The second-order valence-electron chi connectivity index (χ2n) is 7.56. The summed E-state index contributed by atoms with van der Waals surface area (Å²) >= 11 is 0. The largest absolute Gasteiger partial charge is 0.468 e. The summed E-state index contributed by atoms with van der Waals surface area (Å²) in [5, 5.41) is 3.22. The number of nitrogens with one attached hydrogen (secondary N) is 2. The van der Waals surface area contributed by atoms with E-state index in [1.54, 1.807) is 45.2 Å². The number of H-pyrrole nitrogens is 1. The van der Waals surface area contributed by atoms with E-state index < -0.39 is 29.1 Å². The summed E-state index contributed by atoms with van der Waals surface area (Å²) in [7, 11) is 1.21. The fraction of sp³-hybridized carbons (Fsp3) is 0.450. The van der Waals surface area contributed by atoms with Crippen molar-refractivity contribution in [1.29, 1.82) is 0 Å². The van der Waals surface area contributed by atoms with Gasteiger partial charge in [-0.2, -0.15) is 0 Å². The number of fused-ring (bicyclic) bond motifs is 1. The normalized spacial score (nSPS) is 11.1. The standard InChI is InChI=1S/C20H26N4O6/c1-20(2,3)30-19(28)22-8-9-24(12-16(26)29-4)15(25)11-14-10-13-6-5-7-21-17(13)23-18(14)27/h5-7,10H,8-9,11-12H2,1-4H3,(H,22,28)(H,21,23,27). The zero-order chi connectivity index (χ0) is 22.3.